The standard InChI is InChI=1S/C20H36N6O4/c21-17(26-23)5-3-13-2-4-14-12-25-16(11-15(14)10-13)20(29)30-9-1-8-24-19(28)7-6-18(22)27/h13-16,25H,1-12,23H2,(H2,21,26)(H2,22,27)(H,24,28). The minimum atomic E-state index is -0.501. The number of ether oxygens (including phenoxy) is 1. The lowest BCUT2D eigenvalue weighted by molar-refractivity contribution is -0.148. The van der Waals surface area contributed by atoms with Gasteiger partial charge < -0.3 is 32.7 Å². The van der Waals surface area contributed by atoms with Crippen LogP contribution in [0, 0.1) is 17.8 Å². The Morgan fingerprint density at radius 1 is 1.07 bits per heavy atom. The van der Waals surface area contributed by atoms with Crippen molar-refractivity contribution in [2.45, 2.75) is 63.8 Å². The number of amidine groups is 1. The van der Waals surface area contributed by atoms with Gasteiger partial charge in [-0.2, -0.15) is 5.10 Å². The van der Waals surface area contributed by atoms with Gasteiger partial charge in [-0.1, -0.05) is 6.42 Å². The summed E-state index contributed by atoms with van der Waals surface area (Å²) in [6.45, 7) is 1.49. The average molecular weight is 425 g/mol. The van der Waals surface area contributed by atoms with Crippen LogP contribution in [0.15, 0.2) is 5.10 Å². The molecule has 2 aliphatic rings. The Balaban J connectivity index is 1.64. The van der Waals surface area contributed by atoms with Crippen LogP contribution in [-0.4, -0.2) is 49.4 Å². The monoisotopic (exact) mass is 424 g/mol. The minimum absolute atomic E-state index is 0.0329. The zero-order chi connectivity index (χ0) is 21.9. The van der Waals surface area contributed by atoms with Gasteiger partial charge in [0.25, 0.3) is 0 Å². The summed E-state index contributed by atoms with van der Waals surface area (Å²) in [5, 5.41) is 9.55. The molecule has 0 radical (unpaired) electrons. The molecule has 2 fully saturated rings. The van der Waals surface area contributed by atoms with E-state index in [1.807, 2.05) is 0 Å². The van der Waals surface area contributed by atoms with Crippen LogP contribution >= 0.6 is 0 Å². The average Bonchev–Trinajstić information content (AvgIpc) is 2.74. The van der Waals surface area contributed by atoms with Gasteiger partial charge in [0.1, 0.15) is 11.9 Å². The number of esters is 1. The van der Waals surface area contributed by atoms with Crippen LogP contribution < -0.4 is 27.9 Å². The number of fused-ring (bicyclic) bond motifs is 1. The molecule has 30 heavy (non-hydrogen) atoms. The number of hydrogen-bond donors (Lipinski definition) is 5. The van der Waals surface area contributed by atoms with Crippen molar-refractivity contribution in [2.24, 2.45) is 40.2 Å². The molecule has 1 saturated heterocycles. The number of nitrogens with zero attached hydrogens (tertiary/aromatic N) is 1. The number of amides is 2. The van der Waals surface area contributed by atoms with Gasteiger partial charge in [-0.15, -0.1) is 0 Å². The maximum absolute atomic E-state index is 12.4. The molecule has 0 aromatic heterocycles. The van der Waals surface area contributed by atoms with Gasteiger partial charge in [-0.25, -0.2) is 0 Å². The molecule has 1 saturated carbocycles. The van der Waals surface area contributed by atoms with E-state index in [0.717, 1.165) is 32.2 Å². The van der Waals surface area contributed by atoms with E-state index >= 15 is 0 Å². The van der Waals surface area contributed by atoms with E-state index in [0.29, 0.717) is 36.6 Å². The fourth-order valence-electron chi connectivity index (χ4n) is 4.42. The van der Waals surface area contributed by atoms with Crippen molar-refractivity contribution >= 4 is 23.6 Å². The van der Waals surface area contributed by atoms with Crippen LogP contribution in [0.1, 0.15) is 57.8 Å². The van der Waals surface area contributed by atoms with Crippen molar-refractivity contribution in [3.8, 4) is 0 Å². The zero-order valence-electron chi connectivity index (χ0n) is 17.6. The Hall–Kier alpha value is -2.36. The Morgan fingerprint density at radius 2 is 1.87 bits per heavy atom. The van der Waals surface area contributed by atoms with Crippen LogP contribution in [0.4, 0.5) is 0 Å². The van der Waals surface area contributed by atoms with Gasteiger partial charge >= 0.3 is 5.97 Å². The number of primary amides is 1. The van der Waals surface area contributed by atoms with Crippen molar-refractivity contribution < 1.29 is 19.1 Å². The van der Waals surface area contributed by atoms with E-state index in [1.165, 1.54) is 12.8 Å². The van der Waals surface area contributed by atoms with Gasteiger partial charge in [0.15, 0.2) is 0 Å². The van der Waals surface area contributed by atoms with Crippen molar-refractivity contribution in [1.82, 2.24) is 10.6 Å². The molecule has 0 aromatic carbocycles. The first-order valence-electron chi connectivity index (χ1n) is 10.9. The fourth-order valence-corrected chi connectivity index (χ4v) is 4.42. The Bertz CT molecular complexity index is 626. The quantitative estimate of drug-likeness (QED) is 0.0755. The van der Waals surface area contributed by atoms with Crippen LogP contribution in [0.3, 0.4) is 0 Å². The van der Waals surface area contributed by atoms with E-state index in [-0.39, 0.29) is 37.4 Å². The van der Waals surface area contributed by atoms with Gasteiger partial charge in [0.05, 0.1) is 6.61 Å². The molecule has 0 bridgehead atoms. The molecule has 170 valence electrons. The Morgan fingerprint density at radius 3 is 2.60 bits per heavy atom. The molecule has 1 heterocycles. The van der Waals surface area contributed by atoms with E-state index in [9.17, 15) is 14.4 Å². The number of hydrazone groups is 1. The highest BCUT2D eigenvalue weighted by Crippen LogP contribution is 2.40. The molecule has 10 nitrogen and oxygen atoms in total. The smallest absolute Gasteiger partial charge is 0.323 e. The first-order chi connectivity index (χ1) is 14.4. The number of carbonyl (C=O) groups excluding carboxylic acids is 3. The van der Waals surface area contributed by atoms with Crippen molar-refractivity contribution in [3.63, 3.8) is 0 Å². The van der Waals surface area contributed by atoms with Gasteiger partial charge in [-0.05, 0) is 56.4 Å². The fraction of sp³-hybridized carbons (Fsp3) is 0.800. The summed E-state index contributed by atoms with van der Waals surface area (Å²) < 4.78 is 5.39. The lowest BCUT2D eigenvalue weighted by Gasteiger charge is -2.42. The number of piperidine rings is 1. The van der Waals surface area contributed by atoms with Crippen LogP contribution in [-0.2, 0) is 19.1 Å². The molecule has 2 rings (SSSR count). The predicted molar refractivity (Wildman–Crippen MR) is 113 cm³/mol. The van der Waals surface area contributed by atoms with E-state index in [4.69, 9.17) is 22.0 Å². The molecule has 1 aliphatic carbocycles. The maximum atomic E-state index is 12.4. The summed E-state index contributed by atoms with van der Waals surface area (Å²) >= 11 is 0. The first-order valence-corrected chi connectivity index (χ1v) is 10.9. The number of rotatable bonds is 11. The van der Waals surface area contributed by atoms with Gasteiger partial charge in [0.2, 0.25) is 11.8 Å². The molecule has 10 heteroatoms. The first kappa shape index (κ1) is 23.9. The molecule has 2 amide bonds. The number of carbonyl (C=O) groups is 3. The summed E-state index contributed by atoms with van der Waals surface area (Å²) in [5.74, 6) is 6.47. The summed E-state index contributed by atoms with van der Waals surface area (Å²) in [7, 11) is 0. The Labute approximate surface area is 177 Å². The number of hydrogen-bond acceptors (Lipinski definition) is 7. The summed E-state index contributed by atoms with van der Waals surface area (Å²) in [6.07, 6.45) is 6.60. The van der Waals surface area contributed by atoms with Crippen LogP contribution in [0.2, 0.25) is 0 Å². The minimum Gasteiger partial charge on any atom is -0.464 e. The molecule has 0 aromatic rings. The lowest BCUT2D eigenvalue weighted by Crippen LogP contribution is -2.50. The molecular formula is C20H36N6O4. The molecule has 4 atom stereocenters. The normalized spacial score (nSPS) is 26.5. The third-order valence-corrected chi connectivity index (χ3v) is 6.16. The highest BCUT2D eigenvalue weighted by atomic mass is 16.5. The van der Waals surface area contributed by atoms with Crippen LogP contribution in [0.25, 0.3) is 0 Å². The van der Waals surface area contributed by atoms with Gasteiger partial charge in [-0.3, -0.25) is 14.4 Å². The summed E-state index contributed by atoms with van der Waals surface area (Å²) in [5.41, 5.74) is 10.7. The number of nitrogens with one attached hydrogen (secondary N) is 2. The Kier molecular flexibility index (Phi) is 9.85. The lowest BCUT2D eigenvalue weighted by atomic mass is 9.69. The van der Waals surface area contributed by atoms with E-state index < -0.39 is 5.91 Å². The third-order valence-electron chi connectivity index (χ3n) is 6.16. The topological polar surface area (TPSA) is 175 Å². The van der Waals surface area contributed by atoms with E-state index in [2.05, 4.69) is 15.7 Å². The van der Waals surface area contributed by atoms with E-state index in [1.54, 1.807) is 0 Å². The number of nitrogens with two attached hydrogens (primary N) is 3. The second kappa shape index (κ2) is 12.4. The largest absolute Gasteiger partial charge is 0.464 e. The second-order valence-electron chi connectivity index (χ2n) is 8.39. The highest BCUT2D eigenvalue weighted by Gasteiger charge is 2.38. The molecule has 4 unspecified atom stereocenters. The van der Waals surface area contributed by atoms with Crippen LogP contribution in [0.5, 0.6) is 0 Å². The summed E-state index contributed by atoms with van der Waals surface area (Å²) in [6, 6.07) is -0.272. The molecular weight excluding hydrogens is 388 g/mol. The maximum Gasteiger partial charge on any atom is 0.323 e. The second-order valence-corrected chi connectivity index (χ2v) is 8.39. The van der Waals surface area contributed by atoms with Gasteiger partial charge in [0, 0.05) is 25.8 Å². The molecule has 8 N–H and O–H groups in total. The summed E-state index contributed by atoms with van der Waals surface area (Å²) in [4.78, 5) is 34.6. The van der Waals surface area contributed by atoms with Crippen molar-refractivity contribution in [3.05, 3.63) is 0 Å². The highest BCUT2D eigenvalue weighted by molar-refractivity contribution is 5.82. The van der Waals surface area contributed by atoms with Crippen molar-refractivity contribution in [1.29, 1.82) is 0 Å². The third kappa shape index (κ3) is 8.17. The molecule has 1 aliphatic heterocycles. The predicted octanol–water partition coefficient (Wildman–Crippen LogP) is -0.293. The molecule has 0 spiro atoms. The SMILES string of the molecule is N/N=C(\N)CCC1CCC2CNC(C(=O)OCCCNC(=O)CCC(N)=O)CC2C1. The zero-order valence-corrected chi connectivity index (χ0v) is 17.6. The van der Waals surface area contributed by atoms with Crippen molar-refractivity contribution in [2.75, 3.05) is 19.7 Å².